The van der Waals surface area contributed by atoms with Crippen molar-refractivity contribution in [1.29, 1.82) is 0 Å². The molecule has 0 spiro atoms. The molecule has 2 saturated heterocycles. The fourth-order valence-electron chi connectivity index (χ4n) is 3.29. The molecule has 138 valence electrons. The van der Waals surface area contributed by atoms with Crippen molar-refractivity contribution in [1.82, 2.24) is 15.1 Å². The lowest BCUT2D eigenvalue weighted by Gasteiger charge is -2.41. The number of hydrogen-bond acceptors (Lipinski definition) is 5. The van der Waals surface area contributed by atoms with Crippen LogP contribution in [0.1, 0.15) is 40.5 Å². The van der Waals surface area contributed by atoms with E-state index in [2.05, 4.69) is 5.32 Å². The van der Waals surface area contributed by atoms with Crippen molar-refractivity contribution in [2.45, 2.75) is 52.2 Å². The number of ether oxygens (including phenoxy) is 2. The number of amides is 2. The Morgan fingerprint density at radius 1 is 1.08 bits per heavy atom. The first kappa shape index (κ1) is 18.8. The van der Waals surface area contributed by atoms with Crippen LogP contribution in [0.5, 0.6) is 0 Å². The molecule has 1 N–H and O–H groups in total. The first-order valence-corrected chi connectivity index (χ1v) is 8.93. The van der Waals surface area contributed by atoms with Gasteiger partial charge in [0.05, 0.1) is 6.61 Å². The van der Waals surface area contributed by atoms with Crippen LogP contribution in [0.3, 0.4) is 0 Å². The molecule has 0 aromatic heterocycles. The summed E-state index contributed by atoms with van der Waals surface area (Å²) < 4.78 is 10.5. The fourth-order valence-corrected chi connectivity index (χ4v) is 3.29. The van der Waals surface area contributed by atoms with Crippen molar-refractivity contribution >= 4 is 12.2 Å². The number of carbonyl (C=O) groups excluding carboxylic acids is 2. The van der Waals surface area contributed by atoms with Crippen LogP contribution in [0, 0.1) is 5.92 Å². The van der Waals surface area contributed by atoms with Gasteiger partial charge >= 0.3 is 12.2 Å². The van der Waals surface area contributed by atoms with Crippen LogP contribution >= 0.6 is 0 Å². The number of rotatable bonds is 2. The molecule has 0 aromatic rings. The van der Waals surface area contributed by atoms with E-state index in [0.29, 0.717) is 38.7 Å². The molecule has 0 saturated carbocycles. The first-order valence-electron chi connectivity index (χ1n) is 8.93. The molecule has 2 rings (SSSR count). The summed E-state index contributed by atoms with van der Waals surface area (Å²) in [5.41, 5.74) is -0.470. The summed E-state index contributed by atoms with van der Waals surface area (Å²) in [6.07, 6.45) is 1.40. The quantitative estimate of drug-likeness (QED) is 0.832. The zero-order chi connectivity index (χ0) is 17.7. The lowest BCUT2D eigenvalue weighted by Crippen LogP contribution is -2.57. The third kappa shape index (κ3) is 5.26. The number of nitrogens with one attached hydrogen (secondary N) is 1. The van der Waals surface area contributed by atoms with Gasteiger partial charge in [-0.3, -0.25) is 0 Å². The van der Waals surface area contributed by atoms with Gasteiger partial charge < -0.3 is 24.6 Å². The van der Waals surface area contributed by atoms with Gasteiger partial charge in [0, 0.05) is 38.8 Å². The van der Waals surface area contributed by atoms with Crippen molar-refractivity contribution < 1.29 is 19.1 Å². The highest BCUT2D eigenvalue weighted by Gasteiger charge is 2.34. The van der Waals surface area contributed by atoms with E-state index in [1.54, 1.807) is 9.80 Å². The molecule has 1 unspecified atom stereocenters. The van der Waals surface area contributed by atoms with Crippen LogP contribution in [0.15, 0.2) is 0 Å². The maximum atomic E-state index is 12.3. The number of piperazine rings is 1. The lowest BCUT2D eigenvalue weighted by molar-refractivity contribution is 0.0151. The van der Waals surface area contributed by atoms with Crippen LogP contribution in [0.4, 0.5) is 9.59 Å². The second-order valence-electron chi connectivity index (χ2n) is 7.51. The highest BCUT2D eigenvalue weighted by Crippen LogP contribution is 2.23. The van der Waals surface area contributed by atoms with E-state index in [1.165, 1.54) is 0 Å². The second kappa shape index (κ2) is 8.05. The fraction of sp³-hybridized carbons (Fsp3) is 0.882. The summed E-state index contributed by atoms with van der Waals surface area (Å²) in [5, 5.41) is 3.52. The predicted molar refractivity (Wildman–Crippen MR) is 90.9 cm³/mol. The Hall–Kier alpha value is -1.50. The average molecular weight is 341 g/mol. The Morgan fingerprint density at radius 2 is 1.75 bits per heavy atom. The highest BCUT2D eigenvalue weighted by atomic mass is 16.6. The smallest absolute Gasteiger partial charge is 0.410 e. The number of piperidine rings is 1. The zero-order valence-electron chi connectivity index (χ0n) is 15.3. The zero-order valence-corrected chi connectivity index (χ0v) is 15.3. The summed E-state index contributed by atoms with van der Waals surface area (Å²) in [6.45, 7) is 11.4. The molecule has 2 fully saturated rings. The molecule has 2 heterocycles. The second-order valence-corrected chi connectivity index (χ2v) is 7.51. The number of nitrogens with zero attached hydrogens (tertiary/aromatic N) is 2. The van der Waals surface area contributed by atoms with Crippen LogP contribution in [-0.4, -0.2) is 73.0 Å². The van der Waals surface area contributed by atoms with Gasteiger partial charge in [-0.1, -0.05) is 0 Å². The largest absolute Gasteiger partial charge is 0.450 e. The normalized spacial score (nSPS) is 23.1. The monoisotopic (exact) mass is 341 g/mol. The maximum Gasteiger partial charge on any atom is 0.410 e. The van der Waals surface area contributed by atoms with Gasteiger partial charge in [-0.15, -0.1) is 0 Å². The van der Waals surface area contributed by atoms with E-state index in [-0.39, 0.29) is 18.2 Å². The van der Waals surface area contributed by atoms with Crippen molar-refractivity contribution in [2.24, 2.45) is 5.92 Å². The van der Waals surface area contributed by atoms with Crippen molar-refractivity contribution in [3.8, 4) is 0 Å². The topological polar surface area (TPSA) is 71.1 Å². The van der Waals surface area contributed by atoms with Crippen LogP contribution in [0.25, 0.3) is 0 Å². The molecule has 24 heavy (non-hydrogen) atoms. The molecule has 7 nitrogen and oxygen atoms in total. The number of hydrogen-bond donors (Lipinski definition) is 1. The van der Waals surface area contributed by atoms with Gasteiger partial charge in [0.1, 0.15) is 5.60 Å². The van der Waals surface area contributed by atoms with Crippen LogP contribution < -0.4 is 5.32 Å². The summed E-state index contributed by atoms with van der Waals surface area (Å²) in [5.74, 6) is 0.459. The van der Waals surface area contributed by atoms with Gasteiger partial charge in [0.25, 0.3) is 0 Å². The van der Waals surface area contributed by atoms with Crippen LogP contribution in [0.2, 0.25) is 0 Å². The standard InChI is InChI=1S/C17H31N3O4/c1-5-23-15(21)19-9-6-13(7-10-19)14-12-20(11-8-18-14)16(22)24-17(2,3)4/h13-14,18H,5-12H2,1-4H3. The van der Waals surface area contributed by atoms with E-state index in [9.17, 15) is 9.59 Å². The van der Waals surface area contributed by atoms with Crippen molar-refractivity contribution in [2.75, 3.05) is 39.3 Å². The molecule has 2 aliphatic rings. The number of likely N-dealkylation sites (tertiary alicyclic amines) is 1. The molecular formula is C17H31N3O4. The third-order valence-corrected chi connectivity index (χ3v) is 4.49. The molecule has 1 atom stereocenters. The molecule has 2 amide bonds. The van der Waals surface area contributed by atoms with Gasteiger partial charge in [-0.25, -0.2) is 9.59 Å². The first-order chi connectivity index (χ1) is 11.3. The molecule has 0 aromatic carbocycles. The summed E-state index contributed by atoms with van der Waals surface area (Å²) in [4.78, 5) is 27.6. The SMILES string of the molecule is CCOC(=O)N1CCC(C2CN(C(=O)OC(C)(C)C)CCN2)CC1. The molecule has 0 radical (unpaired) electrons. The summed E-state index contributed by atoms with van der Waals surface area (Å²) >= 11 is 0. The molecule has 2 aliphatic heterocycles. The highest BCUT2D eigenvalue weighted by molar-refractivity contribution is 5.68. The average Bonchev–Trinajstić information content (AvgIpc) is 2.54. The Labute approximate surface area is 144 Å². The van der Waals surface area contributed by atoms with Gasteiger partial charge in [0.2, 0.25) is 0 Å². The Balaban J connectivity index is 1.83. The van der Waals surface area contributed by atoms with E-state index in [0.717, 1.165) is 19.4 Å². The molecule has 0 bridgehead atoms. The van der Waals surface area contributed by atoms with Crippen molar-refractivity contribution in [3.05, 3.63) is 0 Å². The molecular weight excluding hydrogens is 310 g/mol. The predicted octanol–water partition coefficient (Wildman–Crippen LogP) is 2.06. The summed E-state index contributed by atoms with van der Waals surface area (Å²) in [6, 6.07) is 0.260. The minimum Gasteiger partial charge on any atom is -0.450 e. The Bertz CT molecular complexity index is 442. The van der Waals surface area contributed by atoms with E-state index < -0.39 is 5.60 Å². The summed E-state index contributed by atoms with van der Waals surface area (Å²) in [7, 11) is 0. The van der Waals surface area contributed by atoms with E-state index >= 15 is 0 Å². The maximum absolute atomic E-state index is 12.3. The minimum absolute atomic E-state index is 0.220. The van der Waals surface area contributed by atoms with Gasteiger partial charge in [0.15, 0.2) is 0 Å². The number of carbonyl (C=O) groups is 2. The van der Waals surface area contributed by atoms with E-state index in [1.807, 2.05) is 27.7 Å². The van der Waals surface area contributed by atoms with Gasteiger partial charge in [-0.05, 0) is 46.5 Å². The van der Waals surface area contributed by atoms with Crippen LogP contribution in [-0.2, 0) is 9.47 Å². The van der Waals surface area contributed by atoms with Crippen molar-refractivity contribution in [3.63, 3.8) is 0 Å². The lowest BCUT2D eigenvalue weighted by atomic mass is 9.88. The van der Waals surface area contributed by atoms with E-state index in [4.69, 9.17) is 9.47 Å². The Kier molecular flexibility index (Phi) is 6.32. The Morgan fingerprint density at radius 3 is 2.33 bits per heavy atom. The molecule has 7 heteroatoms. The minimum atomic E-state index is -0.470. The van der Waals surface area contributed by atoms with Gasteiger partial charge in [-0.2, -0.15) is 0 Å². The third-order valence-electron chi connectivity index (χ3n) is 4.49. The molecule has 0 aliphatic carbocycles.